The summed E-state index contributed by atoms with van der Waals surface area (Å²) >= 11 is 0. The molecular weight excluding hydrogens is 200 g/mol. The molecule has 1 aromatic rings. The van der Waals surface area contributed by atoms with Crippen molar-refractivity contribution >= 4 is 6.08 Å². The Bertz CT molecular complexity index is 301. The highest BCUT2D eigenvalue weighted by Gasteiger charge is 1.91. The van der Waals surface area contributed by atoms with E-state index in [1.54, 1.807) is 6.26 Å². The van der Waals surface area contributed by atoms with Crippen molar-refractivity contribution in [3.05, 3.63) is 36.1 Å². The van der Waals surface area contributed by atoms with Gasteiger partial charge in [0.1, 0.15) is 5.75 Å². The number of unbranched alkanes of at least 4 members (excludes halogenated alkanes) is 1. The van der Waals surface area contributed by atoms with E-state index in [9.17, 15) is 0 Å². The summed E-state index contributed by atoms with van der Waals surface area (Å²) in [5, 5.41) is 0. The summed E-state index contributed by atoms with van der Waals surface area (Å²) in [6.45, 7) is 5.63. The van der Waals surface area contributed by atoms with E-state index in [4.69, 9.17) is 9.47 Å². The van der Waals surface area contributed by atoms with Gasteiger partial charge in [0.15, 0.2) is 0 Å². The fraction of sp³-hybridized carbons (Fsp3) is 0.429. The van der Waals surface area contributed by atoms with Crippen molar-refractivity contribution in [2.24, 2.45) is 0 Å². The second-order valence-electron chi connectivity index (χ2n) is 3.53. The van der Waals surface area contributed by atoms with Crippen LogP contribution in [-0.4, -0.2) is 13.2 Å². The molecule has 0 saturated carbocycles. The molecule has 0 amide bonds. The highest BCUT2D eigenvalue weighted by Crippen LogP contribution is 2.12. The molecule has 0 radical (unpaired) electrons. The molecule has 88 valence electrons. The fourth-order valence-corrected chi connectivity index (χ4v) is 1.26. The summed E-state index contributed by atoms with van der Waals surface area (Å²) in [4.78, 5) is 0. The molecule has 0 aromatic heterocycles. The molecule has 0 heterocycles. The smallest absolute Gasteiger partial charge is 0.119 e. The maximum absolute atomic E-state index is 5.36. The molecule has 0 aliphatic heterocycles. The van der Waals surface area contributed by atoms with E-state index in [0.29, 0.717) is 6.61 Å². The van der Waals surface area contributed by atoms with Gasteiger partial charge in [0.2, 0.25) is 0 Å². The topological polar surface area (TPSA) is 18.5 Å². The van der Waals surface area contributed by atoms with Gasteiger partial charge in [0.25, 0.3) is 0 Å². The summed E-state index contributed by atoms with van der Waals surface area (Å²) in [7, 11) is 0. The Hall–Kier alpha value is -1.44. The van der Waals surface area contributed by atoms with E-state index in [-0.39, 0.29) is 0 Å². The highest BCUT2D eigenvalue weighted by molar-refractivity contribution is 5.49. The van der Waals surface area contributed by atoms with Gasteiger partial charge in [-0.1, -0.05) is 25.5 Å². The Morgan fingerprint density at radius 3 is 2.50 bits per heavy atom. The van der Waals surface area contributed by atoms with E-state index in [2.05, 4.69) is 6.92 Å². The average molecular weight is 220 g/mol. The zero-order valence-corrected chi connectivity index (χ0v) is 10.1. The molecule has 0 bridgehead atoms. The van der Waals surface area contributed by atoms with Crippen LogP contribution in [0.4, 0.5) is 0 Å². The van der Waals surface area contributed by atoms with Crippen LogP contribution in [0, 0.1) is 0 Å². The Kier molecular flexibility index (Phi) is 6.16. The highest BCUT2D eigenvalue weighted by atomic mass is 16.5. The molecule has 0 aliphatic carbocycles. The minimum atomic E-state index is 0.704. The van der Waals surface area contributed by atoms with Crippen LogP contribution in [-0.2, 0) is 4.74 Å². The second-order valence-corrected chi connectivity index (χ2v) is 3.53. The zero-order valence-electron chi connectivity index (χ0n) is 10.1. The SMILES string of the molecule is CCCCOC=Cc1ccc(OCC)cc1. The molecule has 0 N–H and O–H groups in total. The third kappa shape index (κ3) is 4.87. The maximum Gasteiger partial charge on any atom is 0.119 e. The normalized spacial score (nSPS) is 10.6. The molecule has 1 rings (SSSR count). The summed E-state index contributed by atoms with van der Waals surface area (Å²) in [6.07, 6.45) is 5.99. The van der Waals surface area contributed by atoms with E-state index >= 15 is 0 Å². The minimum absolute atomic E-state index is 0.704. The standard InChI is InChI=1S/C14H20O2/c1-3-5-11-15-12-10-13-6-8-14(9-7-13)16-4-2/h6-10,12H,3-5,11H2,1-2H3. The maximum atomic E-state index is 5.36. The quantitative estimate of drug-likeness (QED) is 0.513. The van der Waals surface area contributed by atoms with Gasteiger partial charge in [-0.05, 0) is 37.1 Å². The van der Waals surface area contributed by atoms with Gasteiger partial charge >= 0.3 is 0 Å². The number of hydrogen-bond acceptors (Lipinski definition) is 2. The van der Waals surface area contributed by atoms with E-state index < -0.39 is 0 Å². The molecule has 16 heavy (non-hydrogen) atoms. The monoisotopic (exact) mass is 220 g/mol. The van der Waals surface area contributed by atoms with Crippen LogP contribution in [0.1, 0.15) is 32.3 Å². The van der Waals surface area contributed by atoms with Crippen LogP contribution in [0.5, 0.6) is 5.75 Å². The Morgan fingerprint density at radius 2 is 1.88 bits per heavy atom. The van der Waals surface area contributed by atoms with Gasteiger partial charge in [-0.3, -0.25) is 0 Å². The first-order valence-corrected chi connectivity index (χ1v) is 5.87. The van der Waals surface area contributed by atoms with Crippen LogP contribution in [0.25, 0.3) is 6.08 Å². The summed E-state index contributed by atoms with van der Waals surface area (Å²) in [6, 6.07) is 7.97. The average Bonchev–Trinajstić information content (AvgIpc) is 2.31. The van der Waals surface area contributed by atoms with Crippen molar-refractivity contribution in [1.29, 1.82) is 0 Å². The Morgan fingerprint density at radius 1 is 1.12 bits per heavy atom. The molecule has 0 unspecified atom stereocenters. The van der Waals surface area contributed by atoms with Crippen LogP contribution in [0.15, 0.2) is 30.5 Å². The number of hydrogen-bond donors (Lipinski definition) is 0. The van der Waals surface area contributed by atoms with Crippen LogP contribution in [0.2, 0.25) is 0 Å². The molecule has 0 spiro atoms. The lowest BCUT2D eigenvalue weighted by Gasteiger charge is -2.02. The lowest BCUT2D eigenvalue weighted by Crippen LogP contribution is -1.90. The zero-order chi connectivity index (χ0) is 11.6. The molecule has 0 aliphatic rings. The van der Waals surface area contributed by atoms with E-state index in [1.165, 1.54) is 0 Å². The van der Waals surface area contributed by atoms with Crippen molar-refractivity contribution in [2.75, 3.05) is 13.2 Å². The van der Waals surface area contributed by atoms with Gasteiger partial charge in [0.05, 0.1) is 19.5 Å². The van der Waals surface area contributed by atoms with Crippen molar-refractivity contribution in [1.82, 2.24) is 0 Å². The summed E-state index contributed by atoms with van der Waals surface area (Å²) in [5.74, 6) is 0.909. The molecule has 1 aromatic carbocycles. The van der Waals surface area contributed by atoms with Crippen LogP contribution < -0.4 is 4.74 Å². The predicted octanol–water partition coefficient (Wildman–Crippen LogP) is 3.87. The van der Waals surface area contributed by atoms with Gasteiger partial charge in [-0.15, -0.1) is 0 Å². The van der Waals surface area contributed by atoms with Gasteiger partial charge in [0, 0.05) is 0 Å². The van der Waals surface area contributed by atoms with Crippen LogP contribution >= 0.6 is 0 Å². The molecule has 2 nitrogen and oxygen atoms in total. The summed E-state index contributed by atoms with van der Waals surface area (Å²) in [5.41, 5.74) is 1.12. The van der Waals surface area contributed by atoms with Crippen molar-refractivity contribution in [3.8, 4) is 5.75 Å². The number of ether oxygens (including phenoxy) is 2. The number of rotatable bonds is 7. The van der Waals surface area contributed by atoms with Crippen molar-refractivity contribution < 1.29 is 9.47 Å². The van der Waals surface area contributed by atoms with Crippen molar-refractivity contribution in [2.45, 2.75) is 26.7 Å². The van der Waals surface area contributed by atoms with Gasteiger partial charge in [-0.2, -0.15) is 0 Å². The Labute approximate surface area is 97.9 Å². The molecule has 0 fully saturated rings. The molecule has 0 atom stereocenters. The first kappa shape index (κ1) is 12.6. The predicted molar refractivity (Wildman–Crippen MR) is 67.5 cm³/mol. The third-order valence-corrected chi connectivity index (χ3v) is 2.16. The first-order chi connectivity index (χ1) is 7.86. The molecule has 2 heteroatoms. The lowest BCUT2D eigenvalue weighted by molar-refractivity contribution is 0.246. The van der Waals surface area contributed by atoms with Gasteiger partial charge in [-0.25, -0.2) is 0 Å². The second kappa shape index (κ2) is 7.80. The Balaban J connectivity index is 2.36. The summed E-state index contributed by atoms with van der Waals surface area (Å²) < 4.78 is 10.7. The number of benzene rings is 1. The van der Waals surface area contributed by atoms with Crippen LogP contribution in [0.3, 0.4) is 0 Å². The first-order valence-electron chi connectivity index (χ1n) is 5.87. The van der Waals surface area contributed by atoms with Gasteiger partial charge < -0.3 is 9.47 Å². The fourth-order valence-electron chi connectivity index (χ4n) is 1.26. The van der Waals surface area contributed by atoms with E-state index in [0.717, 1.165) is 30.8 Å². The van der Waals surface area contributed by atoms with E-state index in [1.807, 2.05) is 37.3 Å². The van der Waals surface area contributed by atoms with Crippen molar-refractivity contribution in [3.63, 3.8) is 0 Å². The molecular formula is C14H20O2. The minimum Gasteiger partial charge on any atom is -0.501 e. The lowest BCUT2D eigenvalue weighted by atomic mass is 10.2. The molecule has 0 saturated heterocycles. The largest absolute Gasteiger partial charge is 0.501 e. The third-order valence-electron chi connectivity index (χ3n) is 2.16.